The molecule has 0 unspecified atom stereocenters. The number of carbonyl (C=O) groups is 2. The van der Waals surface area contributed by atoms with Crippen molar-refractivity contribution in [3.8, 4) is 5.88 Å². The van der Waals surface area contributed by atoms with Crippen LogP contribution in [0.5, 0.6) is 5.88 Å². The Morgan fingerprint density at radius 3 is 2.69 bits per heavy atom. The van der Waals surface area contributed by atoms with E-state index in [0.717, 1.165) is 24.0 Å². The highest BCUT2D eigenvalue weighted by atomic mass is 32.1. The molecule has 0 bridgehead atoms. The van der Waals surface area contributed by atoms with Gasteiger partial charge < -0.3 is 15.4 Å². The molecular weight excluding hydrogens is 386 g/mol. The number of anilines is 1. The van der Waals surface area contributed by atoms with Crippen LogP contribution < -0.4 is 15.4 Å². The average molecular weight is 407 g/mol. The lowest BCUT2D eigenvalue weighted by molar-refractivity contribution is -0.117. The molecule has 0 saturated heterocycles. The third kappa shape index (κ3) is 5.42. The first-order valence-corrected chi connectivity index (χ1v) is 10.3. The smallest absolute Gasteiger partial charge is 0.261 e. The molecule has 0 aliphatic heterocycles. The van der Waals surface area contributed by atoms with Crippen LogP contribution in [0, 0.1) is 5.92 Å². The normalized spacial score (nSPS) is 13.0. The summed E-state index contributed by atoms with van der Waals surface area (Å²) in [5.74, 6) is 0.519. The zero-order valence-electron chi connectivity index (χ0n) is 15.8. The zero-order valence-corrected chi connectivity index (χ0v) is 16.6. The van der Waals surface area contributed by atoms with E-state index in [-0.39, 0.29) is 17.7 Å². The van der Waals surface area contributed by atoms with Crippen molar-refractivity contribution in [1.29, 1.82) is 0 Å². The molecule has 6 nitrogen and oxygen atoms in total. The number of pyridine rings is 1. The number of nitrogens with zero attached hydrogens (tertiary/aromatic N) is 1. The minimum Gasteiger partial charge on any atom is -0.473 e. The molecule has 1 fully saturated rings. The van der Waals surface area contributed by atoms with Gasteiger partial charge in [0.1, 0.15) is 6.61 Å². The molecule has 4 rings (SSSR count). The molecule has 2 aromatic heterocycles. The van der Waals surface area contributed by atoms with Gasteiger partial charge in [-0.3, -0.25) is 9.59 Å². The van der Waals surface area contributed by atoms with Crippen molar-refractivity contribution < 1.29 is 14.3 Å². The van der Waals surface area contributed by atoms with Crippen LogP contribution in [-0.2, 0) is 17.9 Å². The second kappa shape index (κ2) is 8.87. The third-order valence-corrected chi connectivity index (χ3v) is 5.51. The largest absolute Gasteiger partial charge is 0.473 e. The number of thiophene rings is 1. The van der Waals surface area contributed by atoms with E-state index >= 15 is 0 Å². The fourth-order valence-corrected chi connectivity index (χ4v) is 3.56. The first-order chi connectivity index (χ1) is 14.2. The molecule has 1 aliphatic rings. The fraction of sp³-hybridized carbons (Fsp3) is 0.227. The predicted molar refractivity (Wildman–Crippen MR) is 112 cm³/mol. The van der Waals surface area contributed by atoms with Gasteiger partial charge in [0.05, 0.1) is 9.88 Å². The Labute approximate surface area is 172 Å². The number of ether oxygens (including phenoxy) is 1. The Bertz CT molecular complexity index is 999. The Morgan fingerprint density at radius 2 is 1.90 bits per heavy atom. The van der Waals surface area contributed by atoms with Gasteiger partial charge in [-0.2, -0.15) is 0 Å². The second-order valence-electron chi connectivity index (χ2n) is 6.89. The maximum Gasteiger partial charge on any atom is 0.261 e. The highest BCUT2D eigenvalue weighted by Gasteiger charge is 2.29. The Morgan fingerprint density at radius 1 is 1.07 bits per heavy atom. The van der Waals surface area contributed by atoms with Crippen LogP contribution in [0.1, 0.15) is 33.6 Å². The summed E-state index contributed by atoms with van der Waals surface area (Å²) in [7, 11) is 0. The van der Waals surface area contributed by atoms with E-state index in [4.69, 9.17) is 4.74 Å². The second-order valence-corrected chi connectivity index (χ2v) is 7.97. The number of carbonyl (C=O) groups excluding carboxylic acids is 2. The van der Waals surface area contributed by atoms with E-state index in [2.05, 4.69) is 15.6 Å². The minimum atomic E-state index is -0.175. The summed E-state index contributed by atoms with van der Waals surface area (Å²) in [6.07, 6.45) is 3.57. The minimum absolute atomic E-state index is 0.0404. The van der Waals surface area contributed by atoms with E-state index in [0.29, 0.717) is 28.9 Å². The standard InChI is InChI=1S/C22H21N3O3S/c26-21(17-6-7-17)25-20-9-8-18(29-20)22(27)24-13-16-10-11-23-19(12-16)28-14-15-4-2-1-3-5-15/h1-5,8-12,17H,6-7,13-14H2,(H,24,27)(H,25,26). The highest BCUT2D eigenvalue weighted by molar-refractivity contribution is 7.18. The number of benzene rings is 1. The number of aromatic nitrogens is 1. The lowest BCUT2D eigenvalue weighted by Crippen LogP contribution is -2.21. The summed E-state index contributed by atoms with van der Waals surface area (Å²) in [6.45, 7) is 0.804. The van der Waals surface area contributed by atoms with E-state index < -0.39 is 0 Å². The van der Waals surface area contributed by atoms with Crippen molar-refractivity contribution in [2.75, 3.05) is 5.32 Å². The maximum atomic E-state index is 12.4. The quantitative estimate of drug-likeness (QED) is 0.591. The number of nitrogens with one attached hydrogen (secondary N) is 2. The molecule has 2 heterocycles. The maximum absolute atomic E-state index is 12.4. The number of hydrogen-bond acceptors (Lipinski definition) is 5. The van der Waals surface area contributed by atoms with Crippen molar-refractivity contribution in [2.24, 2.45) is 5.92 Å². The fourth-order valence-electron chi connectivity index (χ4n) is 2.74. The summed E-state index contributed by atoms with van der Waals surface area (Å²) < 4.78 is 5.73. The van der Waals surface area contributed by atoms with E-state index in [1.807, 2.05) is 42.5 Å². The molecule has 2 N–H and O–H groups in total. The predicted octanol–water partition coefficient (Wildman–Crippen LogP) is 4.00. The zero-order chi connectivity index (χ0) is 20.1. The van der Waals surface area contributed by atoms with Crippen LogP contribution in [0.3, 0.4) is 0 Å². The number of amides is 2. The highest BCUT2D eigenvalue weighted by Crippen LogP contribution is 2.31. The molecule has 1 aromatic carbocycles. The summed E-state index contributed by atoms with van der Waals surface area (Å²) >= 11 is 1.28. The molecule has 0 spiro atoms. The first kappa shape index (κ1) is 19.1. The molecule has 0 atom stereocenters. The molecule has 0 radical (unpaired) electrons. The van der Waals surface area contributed by atoms with Crippen molar-refractivity contribution in [3.05, 3.63) is 76.8 Å². The van der Waals surface area contributed by atoms with Crippen molar-refractivity contribution in [3.63, 3.8) is 0 Å². The van der Waals surface area contributed by atoms with Gasteiger partial charge >= 0.3 is 0 Å². The van der Waals surface area contributed by atoms with Gasteiger partial charge in [0.2, 0.25) is 11.8 Å². The van der Waals surface area contributed by atoms with Crippen LogP contribution in [0.25, 0.3) is 0 Å². The first-order valence-electron chi connectivity index (χ1n) is 9.48. The topological polar surface area (TPSA) is 80.3 Å². The van der Waals surface area contributed by atoms with Crippen LogP contribution >= 0.6 is 11.3 Å². The molecule has 3 aromatic rings. The van der Waals surface area contributed by atoms with E-state index in [1.54, 1.807) is 18.3 Å². The average Bonchev–Trinajstić information content (AvgIpc) is 3.51. The summed E-state index contributed by atoms with van der Waals surface area (Å²) in [4.78, 5) is 29.0. The molecular formula is C22H21N3O3S. The van der Waals surface area contributed by atoms with Gasteiger partial charge in [0, 0.05) is 24.7 Å². The lowest BCUT2D eigenvalue weighted by Gasteiger charge is -2.08. The van der Waals surface area contributed by atoms with Crippen molar-refractivity contribution in [2.45, 2.75) is 26.0 Å². The summed E-state index contributed by atoms with van der Waals surface area (Å²) in [5.41, 5.74) is 1.96. The van der Waals surface area contributed by atoms with E-state index in [1.165, 1.54) is 11.3 Å². The Kier molecular flexibility index (Phi) is 5.86. The molecule has 1 aliphatic carbocycles. The monoisotopic (exact) mass is 407 g/mol. The van der Waals surface area contributed by atoms with Crippen LogP contribution in [0.15, 0.2) is 60.8 Å². The Hall–Kier alpha value is -3.19. The summed E-state index contributed by atoms with van der Waals surface area (Å²) in [6, 6.07) is 17.0. The van der Waals surface area contributed by atoms with Gasteiger partial charge in [-0.1, -0.05) is 30.3 Å². The number of rotatable bonds is 8. The summed E-state index contributed by atoms with van der Waals surface area (Å²) in [5, 5.41) is 6.46. The Balaban J connectivity index is 1.29. The van der Waals surface area contributed by atoms with Crippen LogP contribution in [0.4, 0.5) is 5.00 Å². The van der Waals surface area contributed by atoms with Crippen LogP contribution in [0.2, 0.25) is 0 Å². The number of hydrogen-bond donors (Lipinski definition) is 2. The molecule has 1 saturated carbocycles. The lowest BCUT2D eigenvalue weighted by atomic mass is 10.2. The van der Waals surface area contributed by atoms with E-state index in [9.17, 15) is 9.59 Å². The molecule has 29 heavy (non-hydrogen) atoms. The third-order valence-electron chi connectivity index (χ3n) is 4.51. The van der Waals surface area contributed by atoms with Crippen molar-refractivity contribution in [1.82, 2.24) is 10.3 Å². The molecule has 2 amide bonds. The molecule has 148 valence electrons. The molecule has 7 heteroatoms. The van der Waals surface area contributed by atoms with Crippen LogP contribution in [-0.4, -0.2) is 16.8 Å². The van der Waals surface area contributed by atoms with Gasteiger partial charge in [0.15, 0.2) is 0 Å². The van der Waals surface area contributed by atoms with Gasteiger partial charge in [-0.25, -0.2) is 4.98 Å². The van der Waals surface area contributed by atoms with Crippen molar-refractivity contribution >= 4 is 28.2 Å². The SMILES string of the molecule is O=C(NCc1ccnc(OCc2ccccc2)c1)c1ccc(NC(=O)C2CC2)s1. The van der Waals surface area contributed by atoms with Gasteiger partial charge in [-0.05, 0) is 42.2 Å². The van der Waals surface area contributed by atoms with Gasteiger partial charge in [0.25, 0.3) is 5.91 Å². The van der Waals surface area contributed by atoms with Gasteiger partial charge in [-0.15, -0.1) is 11.3 Å².